The quantitative estimate of drug-likeness (QED) is 0.221. The third kappa shape index (κ3) is 4.42. The lowest BCUT2D eigenvalue weighted by atomic mass is 10.1. The monoisotopic (exact) mass is 390 g/mol. The first-order valence-corrected chi connectivity index (χ1v) is 7.79. The van der Waals surface area contributed by atoms with E-state index in [9.17, 15) is 33.4 Å². The number of halogens is 3. The summed E-state index contributed by atoms with van der Waals surface area (Å²) in [6, 6.07) is 0.225. The van der Waals surface area contributed by atoms with Crippen molar-refractivity contribution in [2.24, 2.45) is 0 Å². The normalized spacial score (nSPS) is 10.9. The Labute approximate surface area is 150 Å². The number of hydrogen-bond acceptors (Lipinski definition) is 7. The van der Waals surface area contributed by atoms with E-state index in [1.54, 1.807) is 6.92 Å². The minimum atomic E-state index is -5.11. The Morgan fingerprint density at radius 3 is 2.31 bits per heavy atom. The zero-order valence-corrected chi connectivity index (χ0v) is 14.5. The highest BCUT2D eigenvalue weighted by atomic mass is 32.2. The lowest BCUT2D eigenvalue weighted by molar-refractivity contribution is -0.394. The van der Waals surface area contributed by atoms with Gasteiger partial charge in [-0.1, -0.05) is 12.2 Å². The van der Waals surface area contributed by atoms with Crippen molar-refractivity contribution >= 4 is 28.8 Å². The number of alkyl halides is 3. The third-order valence-corrected chi connectivity index (χ3v) is 3.91. The number of nitriles is 1. The van der Waals surface area contributed by atoms with Gasteiger partial charge in [0.15, 0.2) is 5.69 Å². The van der Waals surface area contributed by atoms with Crippen molar-refractivity contribution in [2.45, 2.75) is 24.9 Å². The Morgan fingerprint density at radius 2 is 1.96 bits per heavy atom. The molecule has 0 heterocycles. The number of nitro groups is 2. The average Bonchev–Trinajstić information content (AvgIpc) is 2.50. The van der Waals surface area contributed by atoms with Crippen LogP contribution in [0.4, 0.5) is 30.2 Å². The van der Waals surface area contributed by atoms with Crippen LogP contribution in [-0.4, -0.2) is 22.9 Å². The van der Waals surface area contributed by atoms with Gasteiger partial charge in [0, 0.05) is 19.2 Å². The van der Waals surface area contributed by atoms with E-state index < -0.39 is 43.5 Å². The van der Waals surface area contributed by atoms with Gasteiger partial charge in [-0.2, -0.15) is 18.4 Å². The van der Waals surface area contributed by atoms with Crippen LogP contribution >= 0.6 is 11.8 Å². The van der Waals surface area contributed by atoms with Gasteiger partial charge in [-0.15, -0.1) is 0 Å². The van der Waals surface area contributed by atoms with Crippen molar-refractivity contribution in [3.8, 4) is 5.40 Å². The molecule has 8 nitrogen and oxygen atoms in total. The summed E-state index contributed by atoms with van der Waals surface area (Å²) in [7, 11) is 0. The number of thiocyanates is 1. The lowest BCUT2D eigenvalue weighted by Gasteiger charge is -2.24. The number of nitrogens with zero attached hydrogens (tertiary/aromatic N) is 4. The molecule has 0 unspecified atom stereocenters. The minimum absolute atomic E-state index is 0.0383. The lowest BCUT2D eigenvalue weighted by Crippen LogP contribution is -2.27. The van der Waals surface area contributed by atoms with Crippen molar-refractivity contribution in [3.05, 3.63) is 44.0 Å². The van der Waals surface area contributed by atoms with Gasteiger partial charge in [0.2, 0.25) is 0 Å². The molecular formula is C14H13F3N4O4S. The molecule has 1 aromatic rings. The first-order valence-electron chi connectivity index (χ1n) is 6.97. The molecule has 0 saturated carbocycles. The molecule has 0 N–H and O–H groups in total. The van der Waals surface area contributed by atoms with E-state index in [2.05, 4.69) is 6.58 Å². The van der Waals surface area contributed by atoms with E-state index in [0.29, 0.717) is 5.57 Å². The maximum absolute atomic E-state index is 13.3. The zero-order valence-electron chi connectivity index (χ0n) is 13.7. The van der Waals surface area contributed by atoms with Gasteiger partial charge in [0.05, 0.1) is 15.4 Å². The standard InChI is InChI=1S/C14H13F3N4O4S/c1-4-19(6-8(2)3)11-10(20(22)23)5-9(14(15,16)17)13(26-7-18)12(11)21(24)25/h5H,2,4,6H2,1,3H3. The summed E-state index contributed by atoms with van der Waals surface area (Å²) in [5.74, 6) is 0. The van der Waals surface area contributed by atoms with E-state index in [0.717, 1.165) is 0 Å². The molecule has 0 aromatic heterocycles. The minimum Gasteiger partial charge on any atom is -0.357 e. The number of likely N-dealkylation sites (N-methyl/N-ethyl adjacent to an activating group) is 1. The van der Waals surface area contributed by atoms with Crippen LogP contribution in [0.2, 0.25) is 0 Å². The largest absolute Gasteiger partial charge is 0.418 e. The number of benzene rings is 1. The van der Waals surface area contributed by atoms with Crippen molar-refractivity contribution in [1.82, 2.24) is 0 Å². The smallest absolute Gasteiger partial charge is 0.357 e. The molecular weight excluding hydrogens is 377 g/mol. The second kappa shape index (κ2) is 8.05. The predicted molar refractivity (Wildman–Crippen MR) is 88.9 cm³/mol. The van der Waals surface area contributed by atoms with E-state index in [-0.39, 0.29) is 30.9 Å². The fourth-order valence-corrected chi connectivity index (χ4v) is 2.93. The second-order valence-corrected chi connectivity index (χ2v) is 5.94. The number of rotatable bonds is 7. The van der Waals surface area contributed by atoms with Gasteiger partial charge in [-0.05, 0) is 25.6 Å². The Hall–Kier alpha value is -2.81. The van der Waals surface area contributed by atoms with Crippen LogP contribution in [0.25, 0.3) is 0 Å². The summed E-state index contributed by atoms with van der Waals surface area (Å²) in [6.07, 6.45) is -5.11. The van der Waals surface area contributed by atoms with Crippen LogP contribution in [0.5, 0.6) is 0 Å². The van der Waals surface area contributed by atoms with Crippen molar-refractivity contribution in [3.63, 3.8) is 0 Å². The Morgan fingerprint density at radius 1 is 1.38 bits per heavy atom. The molecule has 0 saturated heterocycles. The summed E-state index contributed by atoms with van der Waals surface area (Å²) in [4.78, 5) is 20.8. The molecule has 0 aliphatic heterocycles. The molecule has 0 aliphatic carbocycles. The summed E-state index contributed by atoms with van der Waals surface area (Å²) in [6.45, 7) is 6.71. The van der Waals surface area contributed by atoms with Gasteiger partial charge in [-0.25, -0.2) is 0 Å². The molecule has 0 fully saturated rings. The highest BCUT2D eigenvalue weighted by Crippen LogP contribution is 2.50. The number of thioether (sulfide) groups is 1. The van der Waals surface area contributed by atoms with Crippen LogP contribution in [0.3, 0.4) is 0 Å². The van der Waals surface area contributed by atoms with Gasteiger partial charge < -0.3 is 4.90 Å². The first-order chi connectivity index (χ1) is 11.9. The maximum atomic E-state index is 13.3. The summed E-state index contributed by atoms with van der Waals surface area (Å²) in [5, 5.41) is 33.0. The van der Waals surface area contributed by atoms with Crippen molar-refractivity contribution < 1.29 is 23.0 Å². The number of hydrogen-bond donors (Lipinski definition) is 0. The highest BCUT2D eigenvalue weighted by molar-refractivity contribution is 8.04. The molecule has 0 atom stereocenters. The van der Waals surface area contributed by atoms with Gasteiger partial charge in [-0.3, -0.25) is 20.2 Å². The van der Waals surface area contributed by atoms with Crippen molar-refractivity contribution in [2.75, 3.05) is 18.0 Å². The zero-order chi connectivity index (χ0) is 20.2. The van der Waals surface area contributed by atoms with Gasteiger partial charge in [0.1, 0.15) is 10.3 Å². The molecule has 0 aliphatic rings. The van der Waals surface area contributed by atoms with Crippen LogP contribution in [-0.2, 0) is 6.18 Å². The van der Waals surface area contributed by atoms with Gasteiger partial charge in [0.25, 0.3) is 5.69 Å². The molecule has 0 bridgehead atoms. The average molecular weight is 390 g/mol. The van der Waals surface area contributed by atoms with Crippen LogP contribution in [0.1, 0.15) is 19.4 Å². The molecule has 1 rings (SSSR count). The van der Waals surface area contributed by atoms with Crippen LogP contribution < -0.4 is 4.90 Å². The maximum Gasteiger partial charge on any atom is 0.418 e. The molecule has 26 heavy (non-hydrogen) atoms. The molecule has 140 valence electrons. The van der Waals surface area contributed by atoms with Crippen molar-refractivity contribution in [1.29, 1.82) is 5.26 Å². The van der Waals surface area contributed by atoms with E-state index >= 15 is 0 Å². The molecule has 0 amide bonds. The molecule has 12 heteroatoms. The number of nitro benzene ring substituents is 2. The van der Waals surface area contributed by atoms with Gasteiger partial charge >= 0.3 is 11.9 Å². The van der Waals surface area contributed by atoms with E-state index in [4.69, 9.17) is 5.26 Å². The second-order valence-electron chi connectivity index (χ2n) is 5.15. The predicted octanol–water partition coefficient (Wildman–Crippen LogP) is 4.50. The summed E-state index contributed by atoms with van der Waals surface area (Å²) < 4.78 is 39.9. The highest BCUT2D eigenvalue weighted by Gasteiger charge is 2.44. The molecule has 0 radical (unpaired) electrons. The first kappa shape index (κ1) is 21.2. The van der Waals surface area contributed by atoms with Crippen LogP contribution in [0, 0.1) is 30.9 Å². The Bertz CT molecular complexity index is 805. The SMILES string of the molecule is C=C(C)CN(CC)c1c([N+](=O)[O-])cc(C(F)(F)F)c(SC#N)c1[N+](=O)[O-]. The summed E-state index contributed by atoms with van der Waals surface area (Å²) >= 11 is -0.0627. The Kier molecular flexibility index (Phi) is 6.57. The summed E-state index contributed by atoms with van der Waals surface area (Å²) in [5.41, 5.74) is -3.88. The van der Waals surface area contributed by atoms with Crippen LogP contribution in [0.15, 0.2) is 23.1 Å². The third-order valence-electron chi connectivity index (χ3n) is 3.20. The number of anilines is 1. The van der Waals surface area contributed by atoms with E-state index in [1.165, 1.54) is 17.2 Å². The topological polar surface area (TPSA) is 113 Å². The fourth-order valence-electron chi connectivity index (χ4n) is 2.28. The Balaban J connectivity index is 4.06. The fraction of sp³-hybridized carbons (Fsp3) is 0.357. The molecule has 1 aromatic carbocycles. The molecule has 0 spiro atoms. The van der Waals surface area contributed by atoms with E-state index in [1.807, 2.05) is 0 Å².